The molecule has 0 bridgehead atoms. The molecule has 2 aromatic heterocycles. The minimum Gasteiger partial charge on any atom is -0.357 e. The van der Waals surface area contributed by atoms with E-state index in [4.69, 9.17) is 0 Å². The zero-order valence-corrected chi connectivity index (χ0v) is 12.5. The van der Waals surface area contributed by atoms with Gasteiger partial charge in [0.2, 0.25) is 0 Å². The minimum atomic E-state index is -0.337. The monoisotopic (exact) mass is 291 g/mol. The topological polar surface area (TPSA) is 79.8 Å². The van der Waals surface area contributed by atoms with Crippen LogP contribution >= 0.6 is 11.3 Å². The average Bonchev–Trinajstić information content (AvgIpc) is 2.94. The molecule has 0 aliphatic carbocycles. The van der Waals surface area contributed by atoms with Crippen LogP contribution in [-0.4, -0.2) is 27.6 Å². The van der Waals surface area contributed by atoms with Gasteiger partial charge >= 0.3 is 0 Å². The summed E-state index contributed by atoms with van der Waals surface area (Å²) in [5, 5.41) is 16.8. The minimum absolute atomic E-state index is 0.217. The van der Waals surface area contributed by atoms with Gasteiger partial charge in [-0.05, 0) is 32.9 Å². The van der Waals surface area contributed by atoms with E-state index in [-0.39, 0.29) is 11.4 Å². The van der Waals surface area contributed by atoms with Crippen LogP contribution in [0.3, 0.4) is 0 Å². The third-order valence-electron chi connectivity index (χ3n) is 2.64. The van der Waals surface area contributed by atoms with Crippen LogP contribution in [0.25, 0.3) is 0 Å². The summed E-state index contributed by atoms with van der Waals surface area (Å²) >= 11 is 1.58. The highest BCUT2D eigenvalue weighted by molar-refractivity contribution is 7.09. The van der Waals surface area contributed by atoms with Gasteiger partial charge in [0.15, 0.2) is 5.69 Å². The Hall–Kier alpha value is -2.02. The van der Waals surface area contributed by atoms with Crippen molar-refractivity contribution in [1.82, 2.24) is 20.5 Å². The molecular formula is C13H17N5OS. The molecule has 0 radical (unpaired) electrons. The number of thiazole rings is 1. The van der Waals surface area contributed by atoms with Gasteiger partial charge in [0.25, 0.3) is 5.91 Å². The molecule has 2 heterocycles. The van der Waals surface area contributed by atoms with Crippen molar-refractivity contribution in [2.75, 3.05) is 11.9 Å². The van der Waals surface area contributed by atoms with Crippen molar-refractivity contribution in [3.8, 4) is 0 Å². The summed E-state index contributed by atoms with van der Waals surface area (Å²) in [6.07, 6.45) is 1.77. The van der Waals surface area contributed by atoms with Crippen molar-refractivity contribution in [3.05, 3.63) is 34.4 Å². The molecule has 2 N–H and O–H groups in total. The first-order valence-electron chi connectivity index (χ1n) is 6.33. The lowest BCUT2D eigenvalue weighted by Crippen LogP contribution is -2.29. The fourth-order valence-electron chi connectivity index (χ4n) is 1.68. The van der Waals surface area contributed by atoms with Gasteiger partial charge in [-0.15, -0.1) is 21.5 Å². The fourth-order valence-corrected chi connectivity index (χ4v) is 2.39. The smallest absolute Gasteiger partial charge is 0.271 e. The normalized spacial score (nSPS) is 11.2. The van der Waals surface area contributed by atoms with Crippen LogP contribution in [0.1, 0.15) is 36.3 Å². The van der Waals surface area contributed by atoms with Crippen LogP contribution < -0.4 is 10.6 Å². The SMILES string of the molecule is CCNC(=O)c1ccc(NC(C)(C)c2nccs2)nn1. The fraction of sp³-hybridized carbons (Fsp3) is 0.385. The van der Waals surface area contributed by atoms with Crippen molar-refractivity contribution in [1.29, 1.82) is 0 Å². The first kappa shape index (κ1) is 14.4. The number of carbonyl (C=O) groups excluding carboxylic acids is 1. The van der Waals surface area contributed by atoms with Gasteiger partial charge in [-0.2, -0.15) is 0 Å². The molecule has 0 unspecified atom stereocenters. The summed E-state index contributed by atoms with van der Waals surface area (Å²) in [6, 6.07) is 3.39. The molecule has 0 fully saturated rings. The van der Waals surface area contributed by atoms with E-state index in [9.17, 15) is 4.79 Å². The molecule has 0 spiro atoms. The van der Waals surface area contributed by atoms with Crippen molar-refractivity contribution < 1.29 is 4.79 Å². The molecule has 6 nitrogen and oxygen atoms in total. The molecule has 0 saturated carbocycles. The Labute approximate surface area is 121 Å². The standard InChI is InChI=1S/C13H17N5OS/c1-4-14-11(19)9-5-6-10(18-17-9)16-13(2,3)12-15-7-8-20-12/h5-8H,4H2,1-3H3,(H,14,19)(H,16,18). The number of hydrogen-bond acceptors (Lipinski definition) is 6. The predicted molar refractivity (Wildman–Crippen MR) is 78.8 cm³/mol. The van der Waals surface area contributed by atoms with E-state index in [2.05, 4.69) is 25.8 Å². The second kappa shape index (κ2) is 5.96. The van der Waals surface area contributed by atoms with Crippen molar-refractivity contribution >= 4 is 23.1 Å². The Kier molecular flexibility index (Phi) is 4.29. The van der Waals surface area contributed by atoms with Crippen LogP contribution in [0, 0.1) is 0 Å². The lowest BCUT2D eigenvalue weighted by molar-refractivity contribution is 0.0950. The maximum absolute atomic E-state index is 11.6. The van der Waals surface area contributed by atoms with Gasteiger partial charge < -0.3 is 10.6 Å². The van der Waals surface area contributed by atoms with Crippen LogP contribution in [0.15, 0.2) is 23.7 Å². The van der Waals surface area contributed by atoms with E-state index in [1.54, 1.807) is 29.7 Å². The van der Waals surface area contributed by atoms with E-state index < -0.39 is 0 Å². The molecule has 1 amide bonds. The van der Waals surface area contributed by atoms with Crippen LogP contribution in [-0.2, 0) is 5.54 Å². The molecule has 106 valence electrons. The molecule has 0 aliphatic rings. The van der Waals surface area contributed by atoms with E-state index in [1.807, 2.05) is 26.2 Å². The van der Waals surface area contributed by atoms with Crippen molar-refractivity contribution in [2.24, 2.45) is 0 Å². The summed E-state index contributed by atoms with van der Waals surface area (Å²) in [5.41, 5.74) is -0.0276. The average molecular weight is 291 g/mol. The Bertz CT molecular complexity index is 565. The number of nitrogens with one attached hydrogen (secondary N) is 2. The summed E-state index contributed by atoms with van der Waals surface area (Å²) in [7, 11) is 0. The molecule has 0 atom stereocenters. The molecule has 7 heteroatoms. The van der Waals surface area contributed by atoms with Crippen LogP contribution in [0.2, 0.25) is 0 Å². The highest BCUT2D eigenvalue weighted by Gasteiger charge is 2.23. The zero-order chi connectivity index (χ0) is 14.6. The molecule has 20 heavy (non-hydrogen) atoms. The lowest BCUT2D eigenvalue weighted by Gasteiger charge is -2.24. The highest BCUT2D eigenvalue weighted by Crippen LogP contribution is 2.25. The van der Waals surface area contributed by atoms with Gasteiger partial charge in [-0.25, -0.2) is 4.98 Å². The quantitative estimate of drug-likeness (QED) is 0.881. The molecule has 0 aromatic carbocycles. The first-order valence-corrected chi connectivity index (χ1v) is 7.21. The van der Waals surface area contributed by atoms with Crippen molar-refractivity contribution in [3.63, 3.8) is 0 Å². The number of amides is 1. The third kappa shape index (κ3) is 3.30. The predicted octanol–water partition coefficient (Wildman–Crippen LogP) is 2.03. The molecular weight excluding hydrogens is 274 g/mol. The largest absolute Gasteiger partial charge is 0.357 e. The van der Waals surface area contributed by atoms with Gasteiger partial charge in [-0.3, -0.25) is 4.79 Å². The number of rotatable bonds is 5. The zero-order valence-electron chi connectivity index (χ0n) is 11.7. The van der Waals surface area contributed by atoms with Crippen LogP contribution in [0.5, 0.6) is 0 Å². The maximum Gasteiger partial charge on any atom is 0.271 e. The van der Waals surface area contributed by atoms with Gasteiger partial charge in [0.05, 0.1) is 5.54 Å². The van der Waals surface area contributed by atoms with Gasteiger partial charge in [0.1, 0.15) is 10.8 Å². The molecule has 2 rings (SSSR count). The number of hydrogen-bond donors (Lipinski definition) is 2. The third-order valence-corrected chi connectivity index (χ3v) is 3.74. The second-order valence-electron chi connectivity index (χ2n) is 4.75. The Balaban J connectivity index is 2.09. The molecule has 0 aliphatic heterocycles. The van der Waals surface area contributed by atoms with Crippen molar-refractivity contribution in [2.45, 2.75) is 26.3 Å². The molecule has 0 saturated heterocycles. The Morgan fingerprint density at radius 2 is 2.15 bits per heavy atom. The van der Waals surface area contributed by atoms with E-state index >= 15 is 0 Å². The molecule has 2 aromatic rings. The number of aromatic nitrogens is 3. The van der Waals surface area contributed by atoms with Gasteiger partial charge in [0, 0.05) is 18.1 Å². The van der Waals surface area contributed by atoms with Crippen LogP contribution in [0.4, 0.5) is 5.82 Å². The highest BCUT2D eigenvalue weighted by atomic mass is 32.1. The van der Waals surface area contributed by atoms with E-state index in [0.29, 0.717) is 18.1 Å². The van der Waals surface area contributed by atoms with E-state index in [1.165, 1.54) is 0 Å². The van der Waals surface area contributed by atoms with Gasteiger partial charge in [-0.1, -0.05) is 0 Å². The Morgan fingerprint density at radius 1 is 1.35 bits per heavy atom. The number of carbonyl (C=O) groups is 1. The van der Waals surface area contributed by atoms with E-state index in [0.717, 1.165) is 5.01 Å². The Morgan fingerprint density at radius 3 is 2.70 bits per heavy atom. The summed E-state index contributed by atoms with van der Waals surface area (Å²) in [6.45, 7) is 6.46. The first-order chi connectivity index (χ1) is 9.53. The maximum atomic E-state index is 11.6. The second-order valence-corrected chi connectivity index (χ2v) is 5.65. The summed E-state index contributed by atoms with van der Waals surface area (Å²) in [4.78, 5) is 15.9. The summed E-state index contributed by atoms with van der Waals surface area (Å²) in [5.74, 6) is 0.393. The lowest BCUT2D eigenvalue weighted by atomic mass is 10.1. The number of anilines is 1. The summed E-state index contributed by atoms with van der Waals surface area (Å²) < 4.78 is 0. The number of nitrogens with zero attached hydrogens (tertiary/aromatic N) is 3.